The van der Waals surface area contributed by atoms with Crippen LogP contribution in [-0.4, -0.2) is 84.7 Å². The van der Waals surface area contributed by atoms with Gasteiger partial charge < -0.3 is 29.8 Å². The maximum Gasteiger partial charge on any atom is 0.438 e. The lowest BCUT2D eigenvalue weighted by molar-refractivity contribution is -0.0592. The number of ether oxygens (including phenoxy) is 1. The van der Waals surface area contributed by atoms with E-state index in [1.54, 1.807) is 56.4 Å². The minimum Gasteiger partial charge on any atom is -0.402 e. The molecule has 5 heterocycles. The monoisotopic (exact) mass is 945 g/mol. The van der Waals surface area contributed by atoms with Crippen LogP contribution in [0.15, 0.2) is 97.4 Å². The summed E-state index contributed by atoms with van der Waals surface area (Å²) in [5.74, 6) is -0.533. The topological polar surface area (TPSA) is 188 Å². The van der Waals surface area contributed by atoms with Gasteiger partial charge in [-0.1, -0.05) is 32.0 Å². The third-order valence-electron chi connectivity index (χ3n) is 14.7. The highest BCUT2D eigenvalue weighted by Crippen LogP contribution is 2.56. The number of carbonyl (C=O) groups is 1. The van der Waals surface area contributed by atoms with Gasteiger partial charge in [0.05, 0.1) is 23.0 Å². The molecule has 4 N–H and O–H groups in total. The van der Waals surface area contributed by atoms with Gasteiger partial charge in [0.1, 0.15) is 30.0 Å². The van der Waals surface area contributed by atoms with Crippen LogP contribution in [0.5, 0.6) is 0 Å². The number of amides is 1. The first-order valence-corrected chi connectivity index (χ1v) is 25.6. The van der Waals surface area contributed by atoms with E-state index in [0.29, 0.717) is 76.3 Å². The van der Waals surface area contributed by atoms with E-state index in [1.807, 2.05) is 43.5 Å². The van der Waals surface area contributed by atoms with E-state index < -0.39 is 30.2 Å². The fourth-order valence-electron chi connectivity index (χ4n) is 10.8. The van der Waals surface area contributed by atoms with Gasteiger partial charge in [0.2, 0.25) is 0 Å². The Kier molecular flexibility index (Phi) is 12.0. The molecule has 3 aromatic heterocycles. The molecule has 0 radical (unpaired) electrons. The molecule has 1 saturated heterocycles. The smallest absolute Gasteiger partial charge is 0.402 e. The average molecular weight is 946 g/mol. The van der Waals surface area contributed by atoms with E-state index in [2.05, 4.69) is 54.4 Å². The molecule has 1 aliphatic carbocycles. The standard InChI is InChI=1S/C51H61FN9O6P/c1-10-68(65,11-2)42-15-13-37(26-39(42)54-9)59-19-20-60(49(59)64)45(55-36-22-29(3)44(52)30(4)23-36)43-32(6)58(18-16-38(43)53)46(62)41-25-35-24-33(34-17-21-66-50(7,8)28-34)12-14-40(35)61(41)51(27-31(51)5)47-56-48(63)67-57-47/h12-15,19-20,22-26,31-32,34,54H,10-11,16-18,21,27-28,53H2,1-9H3,(H,56,57,63)/t31-,32-,34-,51-/m0/s1. The Bertz CT molecular complexity index is 3190. The molecule has 17 heteroatoms. The number of anilines is 1. The normalized spacial score (nSPS) is 22.0. The summed E-state index contributed by atoms with van der Waals surface area (Å²) in [6.45, 7) is 16.2. The summed E-state index contributed by atoms with van der Waals surface area (Å²) >= 11 is 0. The molecule has 3 aromatic carbocycles. The van der Waals surface area contributed by atoms with Crippen LogP contribution >= 0.6 is 7.14 Å². The van der Waals surface area contributed by atoms with Gasteiger partial charge in [0.15, 0.2) is 5.82 Å². The van der Waals surface area contributed by atoms with E-state index in [4.69, 9.17) is 20.0 Å². The van der Waals surface area contributed by atoms with Gasteiger partial charge in [-0.25, -0.2) is 19.0 Å². The second-order valence-electron chi connectivity index (χ2n) is 19.4. The van der Waals surface area contributed by atoms with Crippen molar-refractivity contribution in [3.8, 4) is 5.69 Å². The summed E-state index contributed by atoms with van der Waals surface area (Å²) in [5.41, 5.74) is 11.0. The lowest BCUT2D eigenvalue weighted by atomic mass is 9.83. The Labute approximate surface area is 394 Å². The number of H-pyrrole nitrogens is 1. The van der Waals surface area contributed by atoms with Crippen molar-refractivity contribution in [3.05, 3.63) is 133 Å². The summed E-state index contributed by atoms with van der Waals surface area (Å²) < 4.78 is 44.9. The predicted octanol–water partition coefficient (Wildman–Crippen LogP) is 8.28. The molecule has 2 fully saturated rings. The number of halogens is 1. The lowest BCUT2D eigenvalue weighted by Crippen LogP contribution is -2.49. The molecule has 9 rings (SSSR count). The molecule has 1 saturated carbocycles. The molecule has 4 atom stereocenters. The molecule has 0 spiro atoms. The molecule has 6 aromatic rings. The number of aryl methyl sites for hydroxylation is 2. The van der Waals surface area contributed by atoms with Crippen LogP contribution in [0.4, 0.5) is 15.8 Å². The van der Waals surface area contributed by atoms with Gasteiger partial charge in [-0.3, -0.25) is 23.4 Å². The number of fused-ring (bicyclic) bond motifs is 1. The highest BCUT2D eigenvalue weighted by Gasteiger charge is 2.59. The van der Waals surface area contributed by atoms with Crippen LogP contribution < -0.4 is 27.8 Å². The Hall–Kier alpha value is -6.25. The number of aliphatic imine (C=N–C) groups is 1. The van der Waals surface area contributed by atoms with E-state index in [0.717, 1.165) is 34.6 Å². The number of aromatic nitrogens is 5. The first-order chi connectivity index (χ1) is 32.3. The van der Waals surface area contributed by atoms with Crippen molar-refractivity contribution < 1.29 is 23.0 Å². The van der Waals surface area contributed by atoms with Crippen LogP contribution in [0.25, 0.3) is 16.6 Å². The molecule has 0 unspecified atom stereocenters. The fraction of sp³-hybridized carbons (Fsp3) is 0.431. The molecule has 15 nitrogen and oxygen atoms in total. The van der Waals surface area contributed by atoms with Crippen molar-refractivity contribution in [2.24, 2.45) is 16.6 Å². The predicted molar refractivity (Wildman–Crippen MR) is 265 cm³/mol. The Morgan fingerprint density at radius 2 is 1.75 bits per heavy atom. The minimum atomic E-state index is -2.67. The maximum atomic E-state index is 15.6. The van der Waals surface area contributed by atoms with Crippen LogP contribution in [0.3, 0.4) is 0 Å². The second-order valence-corrected chi connectivity index (χ2v) is 23.0. The van der Waals surface area contributed by atoms with Crippen molar-refractivity contribution in [2.75, 3.05) is 37.8 Å². The van der Waals surface area contributed by atoms with Gasteiger partial charge in [-0.05, 0) is 131 Å². The number of carbonyl (C=O) groups excluding carboxylic acids is 1. The molecular formula is C51H61FN9O6P. The Balaban J connectivity index is 1.16. The van der Waals surface area contributed by atoms with Gasteiger partial charge in [0.25, 0.3) is 5.91 Å². The Morgan fingerprint density at radius 1 is 1.03 bits per heavy atom. The third kappa shape index (κ3) is 7.88. The highest BCUT2D eigenvalue weighted by atomic mass is 31.2. The SMILES string of the molecule is CCP(=O)(CC)c1ccc(-n2ccn(C(=Nc3cc(C)c(F)c(C)c3)C3=C(N)CCN(C(=O)c4cc5cc([C@H]6CCOC(C)(C)C6)ccc5n4[C@@]4(c5noc(=O)[nH]5)C[C@@H]4C)[C@H]3C)c2=O)cc1NC. The molecule has 3 aliphatic rings. The van der Waals surface area contributed by atoms with Crippen LogP contribution in [0, 0.1) is 25.6 Å². The Morgan fingerprint density at radius 3 is 2.38 bits per heavy atom. The van der Waals surface area contributed by atoms with Crippen molar-refractivity contribution in [1.82, 2.24) is 28.7 Å². The molecule has 2 aliphatic heterocycles. The second kappa shape index (κ2) is 17.4. The van der Waals surface area contributed by atoms with E-state index >= 15 is 9.18 Å². The summed E-state index contributed by atoms with van der Waals surface area (Å²) in [7, 11) is -0.905. The van der Waals surface area contributed by atoms with Crippen LogP contribution in [-0.2, 0) is 14.8 Å². The lowest BCUT2D eigenvalue weighted by Gasteiger charge is -2.37. The molecule has 0 bridgehead atoms. The van der Waals surface area contributed by atoms with Gasteiger partial charge >= 0.3 is 11.4 Å². The molecular weight excluding hydrogens is 885 g/mol. The molecule has 68 heavy (non-hydrogen) atoms. The molecule has 358 valence electrons. The highest BCUT2D eigenvalue weighted by molar-refractivity contribution is 7.71. The van der Waals surface area contributed by atoms with Crippen molar-refractivity contribution in [3.63, 3.8) is 0 Å². The minimum absolute atomic E-state index is 0.00767. The van der Waals surface area contributed by atoms with Crippen LogP contribution in [0.1, 0.15) is 106 Å². The summed E-state index contributed by atoms with van der Waals surface area (Å²) in [6.07, 6.45) is 6.86. The van der Waals surface area contributed by atoms with Gasteiger partial charge in [-0.2, -0.15) is 0 Å². The number of nitrogens with one attached hydrogen (secondary N) is 2. The van der Waals surface area contributed by atoms with E-state index in [-0.39, 0.29) is 48.0 Å². The van der Waals surface area contributed by atoms with E-state index in [1.165, 1.54) is 9.13 Å². The fourth-order valence-corrected chi connectivity index (χ4v) is 12.9. The number of nitrogens with two attached hydrogens (primary N) is 1. The number of hydrogen-bond donors (Lipinski definition) is 3. The quantitative estimate of drug-likeness (QED) is 0.0653. The molecule has 1 amide bonds. The number of rotatable bonds is 11. The summed E-state index contributed by atoms with van der Waals surface area (Å²) in [5, 5.41) is 8.97. The zero-order valence-electron chi connectivity index (χ0n) is 40.3. The van der Waals surface area contributed by atoms with Crippen molar-refractivity contribution in [1.29, 1.82) is 0 Å². The summed E-state index contributed by atoms with van der Waals surface area (Å²) in [6, 6.07) is 16.2. The number of aromatic amines is 1. The first-order valence-electron chi connectivity index (χ1n) is 23.6. The van der Waals surface area contributed by atoms with Crippen molar-refractivity contribution in [2.45, 2.75) is 104 Å². The number of nitrogens with zero attached hydrogens (tertiary/aromatic N) is 6. The largest absolute Gasteiger partial charge is 0.438 e. The third-order valence-corrected chi connectivity index (χ3v) is 18.1. The zero-order valence-corrected chi connectivity index (χ0v) is 41.2. The average Bonchev–Trinajstić information content (AvgIpc) is 3.63. The van der Waals surface area contributed by atoms with E-state index in [9.17, 15) is 14.2 Å². The summed E-state index contributed by atoms with van der Waals surface area (Å²) in [4.78, 5) is 52.5. The number of benzene rings is 3. The van der Waals surface area contributed by atoms with Gasteiger partial charge in [-0.15, -0.1) is 0 Å². The van der Waals surface area contributed by atoms with Gasteiger partial charge in [0, 0.05) is 84.5 Å². The van der Waals surface area contributed by atoms with Crippen LogP contribution in [0.2, 0.25) is 0 Å². The number of hydrogen-bond acceptors (Lipinski definition) is 10. The zero-order chi connectivity index (χ0) is 48.6. The first kappa shape index (κ1) is 46.8. The van der Waals surface area contributed by atoms with Crippen molar-refractivity contribution >= 4 is 46.5 Å². The number of imidazole rings is 1. The maximum absolute atomic E-state index is 15.6.